The fraction of sp³-hybridized carbons (Fsp3) is 0.692. The third-order valence-corrected chi connectivity index (χ3v) is 6.77. The normalized spacial score (nSPS) is 24.6. The predicted molar refractivity (Wildman–Crippen MR) is 130 cm³/mol. The maximum absolute atomic E-state index is 14.0. The molecule has 1 aromatic carbocycles. The molecule has 32 heavy (non-hydrogen) atoms. The summed E-state index contributed by atoms with van der Waals surface area (Å²) in [5, 5.41) is 7.50. The maximum Gasteiger partial charge on any atom is 0.254 e. The second kappa shape index (κ2) is 8.14. The van der Waals surface area contributed by atoms with E-state index in [2.05, 4.69) is 70.9 Å². The lowest BCUT2D eigenvalue weighted by Crippen LogP contribution is -2.67. The van der Waals surface area contributed by atoms with Crippen molar-refractivity contribution in [2.75, 3.05) is 0 Å². The number of amides is 2. The number of hydrogen-bond acceptors (Lipinski definition) is 4. The fourth-order valence-corrected chi connectivity index (χ4v) is 6.49. The summed E-state index contributed by atoms with van der Waals surface area (Å²) < 4.78 is 0. The zero-order valence-electron chi connectivity index (χ0n) is 21.1. The molecule has 2 saturated heterocycles. The SMILES string of the molecule is CC1(C)CC(N(C(=O)c2ccc(C(N)=O)cc2)C2CC(C)(C)NC(C)(C)C2)CC(C)(C)N1. The number of hydrogen-bond donors (Lipinski definition) is 3. The van der Waals surface area contributed by atoms with Gasteiger partial charge in [-0.15, -0.1) is 0 Å². The van der Waals surface area contributed by atoms with Gasteiger partial charge in [0.05, 0.1) is 0 Å². The summed E-state index contributed by atoms with van der Waals surface area (Å²) in [5.74, 6) is -0.442. The van der Waals surface area contributed by atoms with Crippen molar-refractivity contribution in [3.05, 3.63) is 35.4 Å². The number of primary amides is 1. The Kier molecular flexibility index (Phi) is 6.29. The molecule has 3 rings (SSSR count). The van der Waals surface area contributed by atoms with Gasteiger partial charge in [-0.2, -0.15) is 0 Å². The Morgan fingerprint density at radius 3 is 1.34 bits per heavy atom. The molecule has 0 bridgehead atoms. The van der Waals surface area contributed by atoms with Crippen molar-refractivity contribution in [1.82, 2.24) is 15.5 Å². The molecule has 2 amide bonds. The van der Waals surface area contributed by atoms with Crippen LogP contribution in [0, 0.1) is 0 Å². The van der Waals surface area contributed by atoms with Crippen LogP contribution in [0.25, 0.3) is 0 Å². The quantitative estimate of drug-likeness (QED) is 0.661. The maximum atomic E-state index is 14.0. The van der Waals surface area contributed by atoms with Crippen LogP contribution in [-0.2, 0) is 0 Å². The van der Waals surface area contributed by atoms with Crippen LogP contribution in [0.4, 0.5) is 0 Å². The van der Waals surface area contributed by atoms with E-state index in [0.29, 0.717) is 11.1 Å². The summed E-state index contributed by atoms with van der Waals surface area (Å²) in [6, 6.07) is 7.04. The number of carbonyl (C=O) groups excluding carboxylic acids is 2. The first kappa shape index (κ1) is 24.7. The number of nitrogens with two attached hydrogens (primary N) is 1. The summed E-state index contributed by atoms with van der Waals surface area (Å²) in [6.07, 6.45) is 3.58. The predicted octanol–water partition coefficient (Wildman–Crippen LogP) is 3.85. The Balaban J connectivity index is 2.02. The Hall–Kier alpha value is -1.92. The van der Waals surface area contributed by atoms with Crippen molar-refractivity contribution in [2.45, 2.75) is 115 Å². The van der Waals surface area contributed by atoms with Crippen LogP contribution in [0.15, 0.2) is 24.3 Å². The summed E-state index contributed by atoms with van der Waals surface area (Å²) in [5.41, 5.74) is 6.15. The van der Waals surface area contributed by atoms with E-state index in [1.54, 1.807) is 24.3 Å². The number of nitrogens with one attached hydrogen (secondary N) is 2. The molecule has 2 fully saturated rings. The van der Waals surface area contributed by atoms with Gasteiger partial charge in [-0.1, -0.05) is 0 Å². The van der Waals surface area contributed by atoms with Crippen LogP contribution in [0.2, 0.25) is 0 Å². The lowest BCUT2D eigenvalue weighted by Gasteiger charge is -2.55. The molecule has 2 heterocycles. The van der Waals surface area contributed by atoms with E-state index in [-0.39, 0.29) is 40.1 Å². The molecule has 0 aromatic heterocycles. The molecule has 0 radical (unpaired) electrons. The lowest BCUT2D eigenvalue weighted by molar-refractivity contribution is 0.00362. The average Bonchev–Trinajstić information content (AvgIpc) is 2.56. The zero-order chi connectivity index (χ0) is 24.1. The van der Waals surface area contributed by atoms with Gasteiger partial charge in [0, 0.05) is 45.4 Å². The van der Waals surface area contributed by atoms with E-state index in [1.165, 1.54) is 0 Å². The number of benzene rings is 1. The van der Waals surface area contributed by atoms with Crippen molar-refractivity contribution in [1.29, 1.82) is 0 Å². The van der Waals surface area contributed by atoms with Gasteiger partial charge >= 0.3 is 0 Å². The molecular weight excluding hydrogens is 400 g/mol. The van der Waals surface area contributed by atoms with E-state index in [9.17, 15) is 9.59 Å². The van der Waals surface area contributed by atoms with Crippen molar-refractivity contribution >= 4 is 11.8 Å². The Labute approximate surface area is 193 Å². The Morgan fingerprint density at radius 1 is 0.719 bits per heavy atom. The van der Waals surface area contributed by atoms with Crippen LogP contribution in [0.5, 0.6) is 0 Å². The minimum atomic E-state index is -0.482. The van der Waals surface area contributed by atoms with Crippen LogP contribution in [0.1, 0.15) is 102 Å². The number of piperidine rings is 2. The fourth-order valence-electron chi connectivity index (χ4n) is 6.49. The van der Waals surface area contributed by atoms with Gasteiger partial charge < -0.3 is 21.3 Å². The van der Waals surface area contributed by atoms with Gasteiger partial charge in [-0.05, 0) is 105 Å². The largest absolute Gasteiger partial charge is 0.366 e. The highest BCUT2D eigenvalue weighted by atomic mass is 16.2. The summed E-state index contributed by atoms with van der Waals surface area (Å²) >= 11 is 0. The molecule has 1 aromatic rings. The third-order valence-electron chi connectivity index (χ3n) is 6.77. The van der Waals surface area contributed by atoms with Crippen molar-refractivity contribution in [3.63, 3.8) is 0 Å². The van der Waals surface area contributed by atoms with Crippen molar-refractivity contribution in [3.8, 4) is 0 Å². The van der Waals surface area contributed by atoms with E-state index < -0.39 is 5.91 Å². The number of nitrogens with zero attached hydrogens (tertiary/aromatic N) is 1. The molecule has 178 valence electrons. The molecule has 2 aliphatic heterocycles. The third kappa shape index (κ3) is 5.70. The first-order valence-electron chi connectivity index (χ1n) is 11.8. The van der Waals surface area contributed by atoms with Gasteiger partial charge in [-0.25, -0.2) is 0 Å². The van der Waals surface area contributed by atoms with Crippen LogP contribution >= 0.6 is 0 Å². The van der Waals surface area contributed by atoms with Crippen molar-refractivity contribution < 1.29 is 9.59 Å². The second-order valence-electron chi connectivity index (χ2n) is 12.6. The van der Waals surface area contributed by atoms with Gasteiger partial charge in [0.15, 0.2) is 0 Å². The number of carbonyl (C=O) groups is 2. The average molecular weight is 443 g/mol. The highest BCUT2D eigenvalue weighted by Gasteiger charge is 2.47. The molecule has 0 aliphatic carbocycles. The van der Waals surface area contributed by atoms with Crippen LogP contribution < -0.4 is 16.4 Å². The summed E-state index contributed by atoms with van der Waals surface area (Å²) in [6.45, 7) is 17.8. The summed E-state index contributed by atoms with van der Waals surface area (Å²) in [4.78, 5) is 27.7. The standard InChI is InChI=1S/C26H42N4O2/c1-23(2)13-19(14-24(3,4)28-23)30(20-15-25(5,6)29-26(7,8)16-20)22(32)18-11-9-17(10-12-18)21(27)31/h9-12,19-20,28-29H,13-16H2,1-8H3,(H2,27,31). The highest BCUT2D eigenvalue weighted by molar-refractivity contribution is 5.97. The minimum absolute atomic E-state index is 0.0398. The Morgan fingerprint density at radius 2 is 1.03 bits per heavy atom. The van der Waals surface area contributed by atoms with E-state index >= 15 is 0 Å². The molecule has 4 N–H and O–H groups in total. The van der Waals surface area contributed by atoms with Crippen LogP contribution in [0.3, 0.4) is 0 Å². The lowest BCUT2D eigenvalue weighted by atomic mass is 9.75. The van der Waals surface area contributed by atoms with Gasteiger partial charge in [0.2, 0.25) is 5.91 Å². The first-order chi connectivity index (χ1) is 14.5. The minimum Gasteiger partial charge on any atom is -0.366 e. The van der Waals surface area contributed by atoms with Crippen molar-refractivity contribution in [2.24, 2.45) is 5.73 Å². The molecule has 2 aliphatic rings. The van der Waals surface area contributed by atoms with E-state index in [0.717, 1.165) is 25.7 Å². The van der Waals surface area contributed by atoms with Crippen LogP contribution in [-0.4, -0.2) is 51.0 Å². The molecule has 6 heteroatoms. The molecule has 0 unspecified atom stereocenters. The first-order valence-corrected chi connectivity index (χ1v) is 11.8. The topological polar surface area (TPSA) is 87.5 Å². The van der Waals surface area contributed by atoms with E-state index in [4.69, 9.17) is 5.73 Å². The molecule has 6 nitrogen and oxygen atoms in total. The smallest absolute Gasteiger partial charge is 0.254 e. The Bertz CT molecular complexity index is 800. The molecule has 0 saturated carbocycles. The van der Waals surface area contributed by atoms with Gasteiger partial charge in [0.1, 0.15) is 0 Å². The van der Waals surface area contributed by atoms with Gasteiger partial charge in [-0.3, -0.25) is 9.59 Å². The highest BCUT2D eigenvalue weighted by Crippen LogP contribution is 2.38. The molecule has 0 atom stereocenters. The zero-order valence-corrected chi connectivity index (χ0v) is 21.1. The molecule has 0 spiro atoms. The monoisotopic (exact) mass is 442 g/mol. The van der Waals surface area contributed by atoms with E-state index in [1.807, 2.05) is 0 Å². The number of rotatable bonds is 4. The summed E-state index contributed by atoms with van der Waals surface area (Å²) in [7, 11) is 0. The second-order valence-corrected chi connectivity index (χ2v) is 12.6. The molecular formula is C26H42N4O2. The van der Waals surface area contributed by atoms with Gasteiger partial charge in [0.25, 0.3) is 5.91 Å².